The molecule has 4 rings (SSSR count). The monoisotopic (exact) mass is 345 g/mol. The topological polar surface area (TPSA) is 60.1 Å². The Morgan fingerprint density at radius 3 is 2.96 bits per heavy atom. The van der Waals surface area contributed by atoms with Gasteiger partial charge in [-0.25, -0.2) is 0 Å². The summed E-state index contributed by atoms with van der Waals surface area (Å²) in [5, 5.41) is 9.40. The predicted octanol–water partition coefficient (Wildman–Crippen LogP) is 3.81. The van der Waals surface area contributed by atoms with Gasteiger partial charge in [0.2, 0.25) is 0 Å². The Morgan fingerprint density at radius 2 is 2.17 bits per heavy atom. The first-order valence-corrected chi connectivity index (χ1v) is 8.75. The number of rotatable bonds is 2. The van der Waals surface area contributed by atoms with Crippen molar-refractivity contribution < 1.29 is 4.52 Å². The number of aryl methyl sites for hydroxylation is 1. The summed E-state index contributed by atoms with van der Waals surface area (Å²) in [4.78, 5) is 13.2. The van der Waals surface area contributed by atoms with E-state index in [1.165, 1.54) is 0 Å². The normalized spacial score (nSPS) is 21.6. The van der Waals surface area contributed by atoms with Gasteiger partial charge in [-0.3, -0.25) is 4.79 Å². The van der Waals surface area contributed by atoms with Gasteiger partial charge in [0.25, 0.3) is 5.56 Å². The minimum absolute atomic E-state index is 0.0275. The maximum Gasteiger partial charge on any atom is 0.264 e. The molecule has 1 fully saturated rings. The van der Waals surface area contributed by atoms with Gasteiger partial charge in [-0.2, -0.15) is 0 Å². The Bertz CT molecular complexity index is 976. The van der Waals surface area contributed by atoms with Crippen molar-refractivity contribution in [2.45, 2.75) is 44.7 Å². The van der Waals surface area contributed by atoms with Crippen molar-refractivity contribution in [3.63, 3.8) is 0 Å². The number of pyridine rings is 1. The van der Waals surface area contributed by atoms with E-state index in [1.807, 2.05) is 29.8 Å². The van der Waals surface area contributed by atoms with E-state index in [1.54, 1.807) is 6.92 Å². The molecule has 0 amide bonds. The van der Waals surface area contributed by atoms with Crippen LogP contribution in [0.1, 0.15) is 37.5 Å². The van der Waals surface area contributed by atoms with E-state index < -0.39 is 0 Å². The lowest BCUT2D eigenvalue weighted by Crippen LogP contribution is -2.36. The minimum Gasteiger partial charge on any atom is -0.360 e. The van der Waals surface area contributed by atoms with Crippen LogP contribution in [0.5, 0.6) is 0 Å². The number of benzene rings is 1. The Kier molecular flexibility index (Phi) is 3.85. The van der Waals surface area contributed by atoms with Crippen LogP contribution in [0.3, 0.4) is 0 Å². The van der Waals surface area contributed by atoms with Crippen LogP contribution in [-0.2, 0) is 0 Å². The van der Waals surface area contributed by atoms with Gasteiger partial charge in [0.1, 0.15) is 16.7 Å². The molecule has 6 heteroatoms. The number of nitrogens with zero attached hydrogens (tertiary/aromatic N) is 2. The van der Waals surface area contributed by atoms with Crippen LogP contribution in [0, 0.1) is 6.92 Å². The molecule has 5 nitrogen and oxygen atoms in total. The van der Waals surface area contributed by atoms with Crippen LogP contribution in [0.15, 0.2) is 27.5 Å². The van der Waals surface area contributed by atoms with Crippen molar-refractivity contribution in [2.75, 3.05) is 7.05 Å². The molecule has 126 valence electrons. The Morgan fingerprint density at radius 1 is 1.33 bits per heavy atom. The molecular formula is C18H20ClN3O2. The van der Waals surface area contributed by atoms with Gasteiger partial charge in [-0.1, -0.05) is 22.8 Å². The molecule has 1 aromatic carbocycles. The lowest BCUT2D eigenvalue weighted by molar-refractivity contribution is 0.296. The first-order valence-electron chi connectivity index (χ1n) is 8.37. The summed E-state index contributed by atoms with van der Waals surface area (Å²) in [5.41, 5.74) is 1.38. The van der Waals surface area contributed by atoms with E-state index in [2.05, 4.69) is 10.5 Å². The van der Waals surface area contributed by atoms with Gasteiger partial charge in [-0.05, 0) is 51.8 Å². The summed E-state index contributed by atoms with van der Waals surface area (Å²) in [7, 11) is 1.98. The second kappa shape index (κ2) is 5.90. The Balaban J connectivity index is 2.06. The highest BCUT2D eigenvalue weighted by Gasteiger charge is 2.27. The summed E-state index contributed by atoms with van der Waals surface area (Å²) in [5.74, 6) is 0.548. The highest BCUT2D eigenvalue weighted by Crippen LogP contribution is 2.35. The standard InChI is InChI=1S/C18H20ClN3O2/c1-10-15-17(21-24-10)16-13(19)7-4-8-14(16)22(18(15)23)12-6-3-5-11(9-12)20-2/h4,7-8,11-12,20H,3,5-6,9H2,1-2H3. The molecule has 1 aliphatic carbocycles. The van der Waals surface area contributed by atoms with Gasteiger partial charge in [0.05, 0.1) is 10.5 Å². The van der Waals surface area contributed by atoms with E-state index in [4.69, 9.17) is 16.1 Å². The largest absolute Gasteiger partial charge is 0.360 e. The van der Waals surface area contributed by atoms with Crippen molar-refractivity contribution >= 4 is 33.4 Å². The summed E-state index contributed by atoms with van der Waals surface area (Å²) in [6.07, 6.45) is 4.18. The quantitative estimate of drug-likeness (QED) is 0.767. The van der Waals surface area contributed by atoms with Crippen molar-refractivity contribution in [3.8, 4) is 0 Å². The molecule has 1 N–H and O–H groups in total. The molecule has 2 atom stereocenters. The molecule has 1 aliphatic rings. The van der Waals surface area contributed by atoms with Crippen molar-refractivity contribution in [3.05, 3.63) is 39.3 Å². The van der Waals surface area contributed by atoms with E-state index in [9.17, 15) is 4.79 Å². The molecular weight excluding hydrogens is 326 g/mol. The Hall–Kier alpha value is -1.85. The van der Waals surface area contributed by atoms with E-state index in [0.29, 0.717) is 27.7 Å². The zero-order valence-corrected chi connectivity index (χ0v) is 14.6. The SMILES string of the molecule is CNC1CCCC(n2c(=O)c3c(C)onc3c3c(Cl)cccc32)C1. The molecule has 0 bridgehead atoms. The van der Waals surface area contributed by atoms with Crippen LogP contribution in [0.25, 0.3) is 21.8 Å². The van der Waals surface area contributed by atoms with Crippen molar-refractivity contribution in [1.82, 2.24) is 15.0 Å². The van der Waals surface area contributed by atoms with E-state index in [0.717, 1.165) is 36.6 Å². The zero-order valence-electron chi connectivity index (χ0n) is 13.8. The van der Waals surface area contributed by atoms with Crippen LogP contribution < -0.4 is 10.9 Å². The molecule has 3 aromatic rings. The van der Waals surface area contributed by atoms with Gasteiger partial charge >= 0.3 is 0 Å². The highest BCUT2D eigenvalue weighted by atomic mass is 35.5. The number of hydrogen-bond acceptors (Lipinski definition) is 4. The molecule has 24 heavy (non-hydrogen) atoms. The average molecular weight is 346 g/mol. The summed E-state index contributed by atoms with van der Waals surface area (Å²) in [6.45, 7) is 1.78. The first-order chi connectivity index (χ1) is 11.6. The average Bonchev–Trinajstić information content (AvgIpc) is 2.97. The molecule has 2 aromatic heterocycles. The maximum absolute atomic E-state index is 13.2. The highest BCUT2D eigenvalue weighted by molar-refractivity contribution is 6.37. The van der Waals surface area contributed by atoms with Gasteiger partial charge in [-0.15, -0.1) is 0 Å². The fraction of sp³-hybridized carbons (Fsp3) is 0.444. The van der Waals surface area contributed by atoms with Gasteiger partial charge in [0.15, 0.2) is 0 Å². The van der Waals surface area contributed by atoms with Crippen LogP contribution >= 0.6 is 11.6 Å². The van der Waals surface area contributed by atoms with Gasteiger partial charge < -0.3 is 14.4 Å². The number of hydrogen-bond donors (Lipinski definition) is 1. The number of halogens is 1. The van der Waals surface area contributed by atoms with Crippen LogP contribution in [0.4, 0.5) is 0 Å². The lowest BCUT2D eigenvalue weighted by Gasteiger charge is -2.31. The number of fused-ring (bicyclic) bond motifs is 3. The third kappa shape index (κ3) is 2.26. The van der Waals surface area contributed by atoms with Crippen molar-refractivity contribution in [2.24, 2.45) is 0 Å². The fourth-order valence-electron chi connectivity index (χ4n) is 4.00. The fourth-order valence-corrected chi connectivity index (χ4v) is 4.25. The first kappa shape index (κ1) is 15.7. The summed E-state index contributed by atoms with van der Waals surface area (Å²) < 4.78 is 7.22. The van der Waals surface area contributed by atoms with Crippen molar-refractivity contribution in [1.29, 1.82) is 0 Å². The third-order valence-corrected chi connectivity index (χ3v) is 5.52. The second-order valence-electron chi connectivity index (χ2n) is 6.58. The molecule has 0 saturated heterocycles. The lowest BCUT2D eigenvalue weighted by atomic mass is 9.90. The van der Waals surface area contributed by atoms with Gasteiger partial charge in [0, 0.05) is 17.5 Å². The smallest absolute Gasteiger partial charge is 0.264 e. The maximum atomic E-state index is 13.2. The molecule has 2 heterocycles. The Labute approximate surface area is 144 Å². The molecule has 1 saturated carbocycles. The summed E-state index contributed by atoms with van der Waals surface area (Å²) >= 11 is 6.46. The number of aromatic nitrogens is 2. The van der Waals surface area contributed by atoms with E-state index in [-0.39, 0.29) is 11.6 Å². The van der Waals surface area contributed by atoms with Crippen LogP contribution in [0.2, 0.25) is 5.02 Å². The van der Waals surface area contributed by atoms with E-state index >= 15 is 0 Å². The molecule has 0 radical (unpaired) electrons. The minimum atomic E-state index is -0.0275. The molecule has 2 unspecified atom stereocenters. The van der Waals surface area contributed by atoms with Crippen LogP contribution in [-0.4, -0.2) is 22.8 Å². The second-order valence-corrected chi connectivity index (χ2v) is 6.98. The number of nitrogens with one attached hydrogen (secondary N) is 1. The zero-order chi connectivity index (χ0) is 16.8. The third-order valence-electron chi connectivity index (χ3n) is 5.20. The molecule has 0 spiro atoms. The molecule has 0 aliphatic heterocycles. The predicted molar refractivity (Wildman–Crippen MR) is 95.9 cm³/mol. The summed E-state index contributed by atoms with van der Waals surface area (Å²) in [6, 6.07) is 6.26.